The lowest BCUT2D eigenvalue weighted by molar-refractivity contribution is -0.385. The third-order valence-corrected chi connectivity index (χ3v) is 3.90. The van der Waals surface area contributed by atoms with Crippen LogP contribution < -0.4 is 0 Å². The van der Waals surface area contributed by atoms with E-state index in [0.29, 0.717) is 18.4 Å². The first-order valence-electron chi connectivity index (χ1n) is 7.22. The number of carboxylic acids is 1. The number of hydrogen-bond acceptors (Lipinski definition) is 5. The SMILES string of the molecule is C[C@H](OC(=O)[C@@H]1CC=CC[C@H]1C(=O)O)c1cccc([N+](=O)[O-])c1. The maximum Gasteiger partial charge on any atom is 0.310 e. The number of carbonyl (C=O) groups is 2. The molecule has 1 aliphatic rings. The first-order valence-corrected chi connectivity index (χ1v) is 7.22. The van der Waals surface area contributed by atoms with Gasteiger partial charge in [0.15, 0.2) is 0 Å². The molecule has 23 heavy (non-hydrogen) atoms. The second-order valence-corrected chi connectivity index (χ2v) is 5.43. The zero-order valence-corrected chi connectivity index (χ0v) is 12.5. The van der Waals surface area contributed by atoms with Crippen molar-refractivity contribution in [1.29, 1.82) is 0 Å². The predicted octanol–water partition coefficient (Wildman–Crippen LogP) is 2.87. The number of carbonyl (C=O) groups excluding carboxylic acids is 1. The summed E-state index contributed by atoms with van der Waals surface area (Å²) in [4.78, 5) is 33.8. The van der Waals surface area contributed by atoms with E-state index in [2.05, 4.69) is 0 Å². The zero-order chi connectivity index (χ0) is 17.0. The molecular formula is C16H17NO6. The first-order chi connectivity index (χ1) is 10.9. The lowest BCUT2D eigenvalue weighted by Gasteiger charge is -2.25. The standard InChI is InChI=1S/C16H17NO6/c1-10(11-5-4-6-12(9-11)17(21)22)23-16(20)14-8-3-2-7-13(14)15(18)19/h2-6,9-10,13-14H,7-8H2,1H3,(H,18,19)/t10-,13+,14+/m0/s1. The Labute approximate surface area is 132 Å². The van der Waals surface area contributed by atoms with Crippen molar-refractivity contribution < 1.29 is 24.4 Å². The van der Waals surface area contributed by atoms with Crippen molar-refractivity contribution >= 4 is 17.6 Å². The van der Waals surface area contributed by atoms with Gasteiger partial charge in [0.25, 0.3) is 5.69 Å². The minimum atomic E-state index is -1.03. The molecule has 2 rings (SSSR count). The van der Waals surface area contributed by atoms with Crippen LogP contribution in [0.4, 0.5) is 5.69 Å². The van der Waals surface area contributed by atoms with Crippen molar-refractivity contribution in [2.24, 2.45) is 11.8 Å². The lowest BCUT2D eigenvalue weighted by atomic mass is 9.83. The lowest BCUT2D eigenvalue weighted by Crippen LogP contribution is -2.32. The summed E-state index contributed by atoms with van der Waals surface area (Å²) in [6, 6.07) is 5.83. The van der Waals surface area contributed by atoms with Gasteiger partial charge in [-0.2, -0.15) is 0 Å². The fraction of sp³-hybridized carbons (Fsp3) is 0.375. The Kier molecular flexibility index (Phi) is 5.10. The second kappa shape index (κ2) is 7.04. The summed E-state index contributed by atoms with van der Waals surface area (Å²) in [7, 11) is 0. The van der Waals surface area contributed by atoms with Crippen LogP contribution in [0.1, 0.15) is 31.4 Å². The Hall–Kier alpha value is -2.70. The van der Waals surface area contributed by atoms with Crippen LogP contribution in [-0.2, 0) is 14.3 Å². The Balaban J connectivity index is 2.10. The van der Waals surface area contributed by atoms with E-state index in [0.717, 1.165) is 0 Å². The van der Waals surface area contributed by atoms with E-state index in [1.807, 2.05) is 0 Å². The van der Waals surface area contributed by atoms with Crippen molar-refractivity contribution in [3.8, 4) is 0 Å². The van der Waals surface area contributed by atoms with Crippen LogP contribution in [0.2, 0.25) is 0 Å². The van der Waals surface area contributed by atoms with Crippen molar-refractivity contribution in [3.63, 3.8) is 0 Å². The molecule has 0 fully saturated rings. The van der Waals surface area contributed by atoms with Crippen molar-refractivity contribution in [2.75, 3.05) is 0 Å². The Morgan fingerprint density at radius 1 is 1.30 bits per heavy atom. The van der Waals surface area contributed by atoms with E-state index in [1.54, 1.807) is 25.1 Å². The highest BCUT2D eigenvalue weighted by Gasteiger charge is 2.35. The first kappa shape index (κ1) is 16.7. The molecule has 0 aromatic heterocycles. The number of hydrogen-bond donors (Lipinski definition) is 1. The van der Waals surface area contributed by atoms with Gasteiger partial charge >= 0.3 is 11.9 Å². The third kappa shape index (κ3) is 3.94. The Bertz CT molecular complexity index is 654. The molecule has 7 heteroatoms. The quantitative estimate of drug-likeness (QED) is 0.387. The van der Waals surface area contributed by atoms with Crippen LogP contribution in [0, 0.1) is 22.0 Å². The summed E-state index contributed by atoms with van der Waals surface area (Å²) in [5.41, 5.74) is 0.403. The number of nitro benzene ring substituents is 1. The molecule has 1 N–H and O–H groups in total. The number of nitro groups is 1. The summed E-state index contributed by atoms with van der Waals surface area (Å²) < 4.78 is 5.33. The zero-order valence-electron chi connectivity index (χ0n) is 12.5. The van der Waals surface area contributed by atoms with Gasteiger partial charge in [0.1, 0.15) is 6.10 Å². The molecule has 0 spiro atoms. The molecule has 0 heterocycles. The van der Waals surface area contributed by atoms with Crippen molar-refractivity contribution in [1.82, 2.24) is 0 Å². The minimum absolute atomic E-state index is 0.0885. The molecule has 3 atom stereocenters. The van der Waals surface area contributed by atoms with Crippen LogP contribution in [-0.4, -0.2) is 22.0 Å². The van der Waals surface area contributed by atoms with Gasteiger partial charge in [-0.25, -0.2) is 0 Å². The van der Waals surface area contributed by atoms with E-state index in [-0.39, 0.29) is 5.69 Å². The molecule has 122 valence electrons. The molecule has 1 aromatic carbocycles. The van der Waals surface area contributed by atoms with Gasteiger partial charge in [0.05, 0.1) is 16.8 Å². The third-order valence-electron chi connectivity index (χ3n) is 3.90. The van der Waals surface area contributed by atoms with E-state index in [9.17, 15) is 24.8 Å². The normalized spacial score (nSPS) is 21.4. The van der Waals surface area contributed by atoms with Gasteiger partial charge in [0.2, 0.25) is 0 Å². The largest absolute Gasteiger partial charge is 0.481 e. The monoisotopic (exact) mass is 319 g/mol. The fourth-order valence-corrected chi connectivity index (χ4v) is 2.57. The number of esters is 1. The minimum Gasteiger partial charge on any atom is -0.481 e. The predicted molar refractivity (Wildman–Crippen MR) is 80.6 cm³/mol. The van der Waals surface area contributed by atoms with Crippen molar-refractivity contribution in [3.05, 3.63) is 52.1 Å². The number of benzene rings is 1. The van der Waals surface area contributed by atoms with E-state index >= 15 is 0 Å². The summed E-state index contributed by atoms with van der Waals surface area (Å²) in [5.74, 6) is -3.16. The number of carboxylic acid groups (broad SMARTS) is 1. The summed E-state index contributed by atoms with van der Waals surface area (Å²) in [6.45, 7) is 1.60. The summed E-state index contributed by atoms with van der Waals surface area (Å²) in [5, 5.41) is 20.0. The van der Waals surface area contributed by atoms with Crippen LogP contribution in [0.25, 0.3) is 0 Å². The number of ether oxygens (including phenoxy) is 1. The Morgan fingerprint density at radius 2 is 1.96 bits per heavy atom. The fourth-order valence-electron chi connectivity index (χ4n) is 2.57. The topological polar surface area (TPSA) is 107 Å². The van der Waals surface area contributed by atoms with Gasteiger partial charge in [-0.1, -0.05) is 24.3 Å². The van der Waals surface area contributed by atoms with Gasteiger partial charge in [-0.05, 0) is 25.3 Å². The molecule has 0 bridgehead atoms. The number of aliphatic carboxylic acids is 1. The highest BCUT2D eigenvalue weighted by molar-refractivity contribution is 5.82. The molecular weight excluding hydrogens is 302 g/mol. The number of nitrogens with zero attached hydrogens (tertiary/aromatic N) is 1. The van der Waals surface area contributed by atoms with Gasteiger partial charge in [0, 0.05) is 12.1 Å². The molecule has 0 saturated carbocycles. The second-order valence-electron chi connectivity index (χ2n) is 5.43. The van der Waals surface area contributed by atoms with Crippen LogP contribution in [0.5, 0.6) is 0 Å². The van der Waals surface area contributed by atoms with Crippen molar-refractivity contribution in [2.45, 2.75) is 25.9 Å². The Morgan fingerprint density at radius 3 is 2.57 bits per heavy atom. The molecule has 0 radical (unpaired) electrons. The van der Waals surface area contributed by atoms with E-state index < -0.39 is 34.8 Å². The number of rotatable bonds is 5. The van der Waals surface area contributed by atoms with Crippen LogP contribution in [0.15, 0.2) is 36.4 Å². The molecule has 0 saturated heterocycles. The molecule has 7 nitrogen and oxygen atoms in total. The average molecular weight is 319 g/mol. The molecule has 0 aliphatic heterocycles. The van der Waals surface area contributed by atoms with E-state index in [4.69, 9.17) is 4.74 Å². The summed E-state index contributed by atoms with van der Waals surface area (Å²) >= 11 is 0. The maximum absolute atomic E-state index is 12.3. The van der Waals surface area contributed by atoms with Gasteiger partial charge in [-0.3, -0.25) is 19.7 Å². The van der Waals surface area contributed by atoms with Crippen LogP contribution in [0.3, 0.4) is 0 Å². The maximum atomic E-state index is 12.3. The number of non-ortho nitro benzene ring substituents is 1. The highest BCUT2D eigenvalue weighted by Crippen LogP contribution is 2.30. The van der Waals surface area contributed by atoms with Gasteiger partial charge < -0.3 is 9.84 Å². The molecule has 0 unspecified atom stereocenters. The highest BCUT2D eigenvalue weighted by atomic mass is 16.6. The molecule has 1 aromatic rings. The summed E-state index contributed by atoms with van der Waals surface area (Å²) in [6.07, 6.45) is 3.43. The smallest absolute Gasteiger partial charge is 0.310 e. The average Bonchev–Trinajstić information content (AvgIpc) is 2.54. The molecule has 1 aliphatic carbocycles. The molecule has 0 amide bonds. The van der Waals surface area contributed by atoms with Gasteiger partial charge in [-0.15, -0.1) is 0 Å². The van der Waals surface area contributed by atoms with Crippen LogP contribution >= 0.6 is 0 Å². The number of allylic oxidation sites excluding steroid dienone is 2. The van der Waals surface area contributed by atoms with E-state index in [1.165, 1.54) is 18.2 Å².